The predicted molar refractivity (Wildman–Crippen MR) is 177 cm³/mol. The van der Waals surface area contributed by atoms with Gasteiger partial charge in [-0.2, -0.15) is 15.3 Å². The number of carbonyl (C=O) groups is 1. The lowest BCUT2D eigenvalue weighted by Gasteiger charge is -2.58. The van der Waals surface area contributed by atoms with Gasteiger partial charge in [0.25, 0.3) is 0 Å². The number of fused-ring (bicyclic) bond motifs is 1. The van der Waals surface area contributed by atoms with E-state index in [1.807, 2.05) is 42.7 Å². The summed E-state index contributed by atoms with van der Waals surface area (Å²) in [5.41, 5.74) is 6.72. The summed E-state index contributed by atoms with van der Waals surface area (Å²) in [7, 11) is 0. The van der Waals surface area contributed by atoms with Crippen molar-refractivity contribution in [2.75, 3.05) is 19.7 Å². The van der Waals surface area contributed by atoms with E-state index in [9.17, 15) is 4.79 Å². The Morgan fingerprint density at radius 1 is 1.09 bits per heavy atom. The Morgan fingerprint density at radius 3 is 2.57 bits per heavy atom. The lowest BCUT2D eigenvalue weighted by Crippen LogP contribution is -2.64. The fourth-order valence-corrected chi connectivity index (χ4v) is 8.10. The fraction of sp³-hybridized carbons (Fsp3) is 0.600. The first-order valence-corrected chi connectivity index (χ1v) is 17.3. The normalized spacial score (nSPS) is 21.5. The molecule has 8 rings (SSSR count). The number of aryl methyl sites for hydroxylation is 1. The molecule has 4 fully saturated rings. The Morgan fingerprint density at radius 2 is 1.87 bits per heavy atom. The molecule has 0 bridgehead atoms. The van der Waals surface area contributed by atoms with Crippen LogP contribution in [0.2, 0.25) is 5.02 Å². The zero-order chi connectivity index (χ0) is 32.0. The average Bonchev–Trinajstić information content (AvgIpc) is 3.34. The highest BCUT2D eigenvalue weighted by atomic mass is 35.5. The van der Waals surface area contributed by atoms with Crippen molar-refractivity contribution in [2.24, 2.45) is 11.3 Å². The Kier molecular flexibility index (Phi) is 7.07. The number of hydrogen-bond donors (Lipinski definition) is 0. The van der Waals surface area contributed by atoms with Crippen LogP contribution in [0.15, 0.2) is 24.5 Å². The molecule has 1 spiro atoms. The van der Waals surface area contributed by atoms with Crippen LogP contribution in [0.4, 0.5) is 4.79 Å². The summed E-state index contributed by atoms with van der Waals surface area (Å²) in [6.45, 7) is 13.1. The summed E-state index contributed by atoms with van der Waals surface area (Å²) in [4.78, 5) is 14.5. The summed E-state index contributed by atoms with van der Waals surface area (Å²) in [6, 6.07) is 4.47. The van der Waals surface area contributed by atoms with Gasteiger partial charge in [0.15, 0.2) is 6.23 Å². The van der Waals surface area contributed by atoms with E-state index < -0.39 is 5.60 Å². The van der Waals surface area contributed by atoms with Gasteiger partial charge in [0.2, 0.25) is 0 Å². The lowest BCUT2D eigenvalue weighted by atomic mass is 9.61. The second-order valence-electron chi connectivity index (χ2n) is 15.2. The predicted octanol–water partition coefficient (Wildman–Crippen LogP) is 7.71. The van der Waals surface area contributed by atoms with Crippen LogP contribution in [0.25, 0.3) is 33.4 Å². The summed E-state index contributed by atoms with van der Waals surface area (Å²) >= 11 is 7.27. The van der Waals surface area contributed by atoms with Gasteiger partial charge in [-0.15, -0.1) is 0 Å². The van der Waals surface area contributed by atoms with Gasteiger partial charge < -0.3 is 14.4 Å². The molecule has 4 aliphatic rings. The monoisotopic (exact) mass is 645 g/mol. The number of halogens is 1. The van der Waals surface area contributed by atoms with E-state index in [1.54, 1.807) is 0 Å². The number of carbonyl (C=O) groups excluding carboxylic acids is 1. The Hall–Kier alpha value is -3.37. The molecule has 2 aliphatic carbocycles. The third-order valence-electron chi connectivity index (χ3n) is 10.3. The number of ether oxygens (including phenoxy) is 2. The molecule has 5 heterocycles. The van der Waals surface area contributed by atoms with Crippen LogP contribution in [-0.2, 0) is 16.0 Å². The van der Waals surface area contributed by atoms with Gasteiger partial charge >= 0.3 is 6.09 Å². The second kappa shape index (κ2) is 10.8. The van der Waals surface area contributed by atoms with E-state index in [0.717, 1.165) is 108 Å². The van der Waals surface area contributed by atoms with Crippen molar-refractivity contribution in [1.29, 1.82) is 0 Å². The maximum atomic E-state index is 12.6. The third kappa shape index (κ3) is 5.12. The Bertz CT molecular complexity index is 1810. The van der Waals surface area contributed by atoms with Crippen molar-refractivity contribution in [2.45, 2.75) is 104 Å². The zero-order valence-corrected chi connectivity index (χ0v) is 28.3. The number of rotatable bonds is 6. The molecule has 46 heavy (non-hydrogen) atoms. The first kappa shape index (κ1) is 30.0. The Labute approximate surface area is 275 Å². The van der Waals surface area contributed by atoms with E-state index in [1.165, 1.54) is 12.8 Å². The zero-order valence-electron chi connectivity index (χ0n) is 27.6. The molecular weight excluding hydrogens is 602 g/mol. The summed E-state index contributed by atoms with van der Waals surface area (Å²) in [5, 5.41) is 16.7. The molecule has 0 N–H and O–H groups in total. The molecule has 3 aromatic heterocycles. The molecule has 1 unspecified atom stereocenters. The van der Waals surface area contributed by atoms with Gasteiger partial charge in [-0.3, -0.25) is 9.36 Å². The van der Waals surface area contributed by atoms with Crippen molar-refractivity contribution in [3.63, 3.8) is 0 Å². The molecule has 2 saturated heterocycles. The molecule has 1 atom stereocenters. The highest BCUT2D eigenvalue weighted by Crippen LogP contribution is 2.56. The fourth-order valence-electron chi connectivity index (χ4n) is 7.85. The summed E-state index contributed by atoms with van der Waals surface area (Å²) in [6.07, 6.45) is 11.2. The van der Waals surface area contributed by atoms with E-state index in [-0.39, 0.29) is 23.8 Å². The van der Waals surface area contributed by atoms with Gasteiger partial charge in [0, 0.05) is 60.1 Å². The molecule has 2 aliphatic heterocycles. The number of nitrogens with zero attached hydrogens (tertiary/aromatic N) is 7. The van der Waals surface area contributed by atoms with Gasteiger partial charge in [-0.25, -0.2) is 9.48 Å². The number of amides is 1. The minimum Gasteiger partial charge on any atom is -0.444 e. The smallest absolute Gasteiger partial charge is 0.410 e. The molecule has 1 amide bonds. The average molecular weight is 646 g/mol. The molecule has 10 nitrogen and oxygen atoms in total. The maximum absolute atomic E-state index is 12.6. The minimum atomic E-state index is -0.491. The highest BCUT2D eigenvalue weighted by molar-refractivity contribution is 6.36. The number of benzene rings is 1. The molecular formula is C35H44ClN7O3. The minimum absolute atomic E-state index is 0.0724. The van der Waals surface area contributed by atoms with E-state index in [4.69, 9.17) is 36.4 Å². The van der Waals surface area contributed by atoms with Crippen LogP contribution in [-0.4, -0.2) is 65.6 Å². The van der Waals surface area contributed by atoms with Crippen molar-refractivity contribution < 1.29 is 14.3 Å². The van der Waals surface area contributed by atoms with E-state index >= 15 is 0 Å². The van der Waals surface area contributed by atoms with Gasteiger partial charge in [0.05, 0.1) is 28.5 Å². The number of hydrogen-bond acceptors (Lipinski definition) is 6. The molecule has 0 radical (unpaired) electrons. The van der Waals surface area contributed by atoms with Crippen molar-refractivity contribution in [1.82, 2.24) is 34.2 Å². The van der Waals surface area contributed by atoms with Gasteiger partial charge in [-0.1, -0.05) is 11.6 Å². The van der Waals surface area contributed by atoms with Crippen LogP contribution < -0.4 is 0 Å². The van der Waals surface area contributed by atoms with E-state index in [2.05, 4.69) is 35.3 Å². The SMILES string of the molecule is Cc1cc2c(cnn2C2CCCCO2)c(-c2c(-c3ccnn3CC3CC3)nn(C3CC4(C3)CN(C(=O)OC(C)(C)C)C4)c2C)c1Cl. The molecule has 4 aromatic rings. The van der Waals surface area contributed by atoms with Gasteiger partial charge in [-0.05, 0) is 103 Å². The van der Waals surface area contributed by atoms with Gasteiger partial charge in [0.1, 0.15) is 11.3 Å². The first-order valence-electron chi connectivity index (χ1n) is 16.9. The number of likely N-dealkylation sites (tertiary alicyclic amines) is 1. The molecule has 244 valence electrons. The molecule has 2 saturated carbocycles. The quantitative estimate of drug-likeness (QED) is 0.213. The molecule has 1 aromatic carbocycles. The lowest BCUT2D eigenvalue weighted by molar-refractivity contribution is -0.0930. The van der Waals surface area contributed by atoms with Crippen LogP contribution >= 0.6 is 11.6 Å². The van der Waals surface area contributed by atoms with Crippen LogP contribution in [0, 0.1) is 25.2 Å². The summed E-state index contributed by atoms with van der Waals surface area (Å²) in [5.74, 6) is 0.672. The van der Waals surface area contributed by atoms with Crippen LogP contribution in [0.3, 0.4) is 0 Å². The summed E-state index contributed by atoms with van der Waals surface area (Å²) < 4.78 is 18.2. The van der Waals surface area contributed by atoms with Crippen molar-refractivity contribution in [3.8, 4) is 22.5 Å². The van der Waals surface area contributed by atoms with Crippen LogP contribution in [0.5, 0.6) is 0 Å². The van der Waals surface area contributed by atoms with Crippen LogP contribution in [0.1, 0.15) is 89.2 Å². The van der Waals surface area contributed by atoms with Crippen molar-refractivity contribution >= 4 is 28.6 Å². The second-order valence-corrected chi connectivity index (χ2v) is 15.6. The standard InChI is InChI=1S/C35H44ClN7O3/c1-21-14-27-25(17-38-43(27)28-8-6-7-13-45-28)30(31(21)36)29-22(2)42(39-32(29)26-11-12-37-41(26)18-23-9-10-23)24-15-35(16-24)19-40(20-35)33(44)46-34(3,4)5/h11-12,14,17,23-24,28H,6-10,13,15-16,18-20H2,1-5H3. The van der Waals surface area contributed by atoms with E-state index in [0.29, 0.717) is 5.92 Å². The number of aromatic nitrogens is 6. The Balaban J connectivity index is 1.18. The molecule has 11 heteroatoms. The third-order valence-corrected chi connectivity index (χ3v) is 10.8. The highest BCUT2D eigenvalue weighted by Gasteiger charge is 2.55. The van der Waals surface area contributed by atoms with Crippen molar-refractivity contribution in [3.05, 3.63) is 40.8 Å². The topological polar surface area (TPSA) is 92.2 Å². The first-order chi connectivity index (χ1) is 22.0. The maximum Gasteiger partial charge on any atom is 0.410 e. The largest absolute Gasteiger partial charge is 0.444 e.